The highest BCUT2D eigenvalue weighted by Gasteiger charge is 2.19. The summed E-state index contributed by atoms with van der Waals surface area (Å²) in [6.07, 6.45) is 2.03. The number of nitrogens with two attached hydrogens (primary N) is 1. The number of likely N-dealkylation sites (tertiary alicyclic amines) is 1. The van der Waals surface area contributed by atoms with Crippen molar-refractivity contribution >= 4 is 40.7 Å². The van der Waals surface area contributed by atoms with E-state index in [9.17, 15) is 9.59 Å². The van der Waals surface area contributed by atoms with E-state index in [1.807, 2.05) is 0 Å². The van der Waals surface area contributed by atoms with Gasteiger partial charge in [-0.3, -0.25) is 9.59 Å². The molecule has 1 heterocycles. The van der Waals surface area contributed by atoms with Crippen LogP contribution in [0, 0.1) is 0 Å². The van der Waals surface area contributed by atoms with Crippen molar-refractivity contribution in [2.45, 2.75) is 12.8 Å². The molecule has 5 nitrogen and oxygen atoms in total. The second-order valence-corrected chi connectivity index (χ2v) is 5.44. The molecule has 1 aromatic carbocycles. The van der Waals surface area contributed by atoms with Crippen LogP contribution in [0.15, 0.2) is 12.1 Å². The molecule has 0 radical (unpaired) electrons. The Labute approximate surface area is 127 Å². The van der Waals surface area contributed by atoms with Crippen LogP contribution in [-0.2, 0) is 4.79 Å². The van der Waals surface area contributed by atoms with Crippen molar-refractivity contribution in [1.29, 1.82) is 0 Å². The molecule has 2 amide bonds. The topological polar surface area (TPSA) is 75.4 Å². The molecule has 7 heteroatoms. The van der Waals surface area contributed by atoms with Crippen LogP contribution in [0.5, 0.6) is 0 Å². The minimum atomic E-state index is -0.402. The molecule has 0 bridgehead atoms. The van der Waals surface area contributed by atoms with Gasteiger partial charge in [-0.25, -0.2) is 0 Å². The van der Waals surface area contributed by atoms with E-state index in [1.54, 1.807) is 4.90 Å². The van der Waals surface area contributed by atoms with Crippen LogP contribution in [-0.4, -0.2) is 36.3 Å². The van der Waals surface area contributed by atoms with Crippen molar-refractivity contribution in [1.82, 2.24) is 10.2 Å². The SMILES string of the molecule is Nc1c(Cl)cc(C(=O)NCC(=O)N2CCCC2)cc1Cl. The predicted octanol–water partition coefficient (Wildman–Crippen LogP) is 1.93. The first-order chi connectivity index (χ1) is 9.49. The maximum absolute atomic E-state index is 11.9. The number of amides is 2. The number of rotatable bonds is 3. The summed E-state index contributed by atoms with van der Waals surface area (Å²) in [5.41, 5.74) is 6.11. The maximum atomic E-state index is 11.9. The van der Waals surface area contributed by atoms with Crippen LogP contribution in [0.1, 0.15) is 23.2 Å². The van der Waals surface area contributed by atoms with Gasteiger partial charge in [-0.2, -0.15) is 0 Å². The Hall–Kier alpha value is -1.46. The molecule has 1 aromatic rings. The molecule has 0 aromatic heterocycles. The summed E-state index contributed by atoms with van der Waals surface area (Å²) < 4.78 is 0. The quantitative estimate of drug-likeness (QED) is 0.837. The van der Waals surface area contributed by atoms with Gasteiger partial charge in [0.05, 0.1) is 22.3 Å². The maximum Gasteiger partial charge on any atom is 0.251 e. The second-order valence-electron chi connectivity index (χ2n) is 4.62. The number of halogens is 2. The van der Waals surface area contributed by atoms with Crippen molar-refractivity contribution < 1.29 is 9.59 Å². The molecule has 0 aliphatic carbocycles. The normalized spacial score (nSPS) is 14.4. The fourth-order valence-electron chi connectivity index (χ4n) is 2.05. The van der Waals surface area contributed by atoms with Gasteiger partial charge in [-0.15, -0.1) is 0 Å². The summed E-state index contributed by atoms with van der Waals surface area (Å²) in [6, 6.07) is 2.86. The van der Waals surface area contributed by atoms with E-state index in [4.69, 9.17) is 28.9 Å². The third-order valence-electron chi connectivity index (χ3n) is 3.20. The van der Waals surface area contributed by atoms with Gasteiger partial charge in [0.1, 0.15) is 0 Å². The van der Waals surface area contributed by atoms with Crippen molar-refractivity contribution in [2.75, 3.05) is 25.4 Å². The predicted molar refractivity (Wildman–Crippen MR) is 79.0 cm³/mol. The molecular formula is C13H15Cl2N3O2. The fourth-order valence-corrected chi connectivity index (χ4v) is 2.54. The van der Waals surface area contributed by atoms with E-state index in [-0.39, 0.29) is 33.7 Å². The van der Waals surface area contributed by atoms with Gasteiger partial charge >= 0.3 is 0 Å². The highest BCUT2D eigenvalue weighted by molar-refractivity contribution is 6.39. The summed E-state index contributed by atoms with van der Waals surface area (Å²) in [5.74, 6) is -0.482. The van der Waals surface area contributed by atoms with Crippen LogP contribution >= 0.6 is 23.2 Å². The molecule has 20 heavy (non-hydrogen) atoms. The average molecular weight is 316 g/mol. The standard InChI is InChI=1S/C13H15Cl2N3O2/c14-9-5-8(6-10(15)12(9)16)13(20)17-7-11(19)18-3-1-2-4-18/h5-6H,1-4,7,16H2,(H,17,20). The number of benzene rings is 1. The smallest absolute Gasteiger partial charge is 0.251 e. The molecule has 3 N–H and O–H groups in total. The van der Waals surface area contributed by atoms with E-state index in [2.05, 4.69) is 5.32 Å². The highest BCUT2D eigenvalue weighted by Crippen LogP contribution is 2.28. The third-order valence-corrected chi connectivity index (χ3v) is 3.83. The molecule has 2 rings (SSSR count). The van der Waals surface area contributed by atoms with Crippen LogP contribution in [0.2, 0.25) is 10.0 Å². The van der Waals surface area contributed by atoms with E-state index in [0.29, 0.717) is 0 Å². The first kappa shape index (κ1) is 14.9. The summed E-state index contributed by atoms with van der Waals surface area (Å²) in [6.45, 7) is 1.49. The lowest BCUT2D eigenvalue weighted by atomic mass is 10.2. The summed E-state index contributed by atoms with van der Waals surface area (Å²) >= 11 is 11.7. The van der Waals surface area contributed by atoms with Crippen LogP contribution in [0.4, 0.5) is 5.69 Å². The molecule has 1 fully saturated rings. The Balaban J connectivity index is 1.96. The summed E-state index contributed by atoms with van der Waals surface area (Å²) in [7, 11) is 0. The van der Waals surface area contributed by atoms with Crippen molar-refractivity contribution in [2.24, 2.45) is 0 Å². The first-order valence-electron chi connectivity index (χ1n) is 6.29. The average Bonchev–Trinajstić information content (AvgIpc) is 2.95. The van der Waals surface area contributed by atoms with Gasteiger partial charge < -0.3 is 16.0 Å². The van der Waals surface area contributed by atoms with Gasteiger partial charge in [0, 0.05) is 18.7 Å². The molecular weight excluding hydrogens is 301 g/mol. The first-order valence-corrected chi connectivity index (χ1v) is 7.05. The van der Waals surface area contributed by atoms with E-state index in [1.165, 1.54) is 12.1 Å². The largest absolute Gasteiger partial charge is 0.396 e. The third kappa shape index (κ3) is 3.35. The monoisotopic (exact) mass is 315 g/mol. The molecule has 0 atom stereocenters. The van der Waals surface area contributed by atoms with Gasteiger partial charge in [-0.1, -0.05) is 23.2 Å². The number of anilines is 1. The minimum Gasteiger partial charge on any atom is -0.396 e. The highest BCUT2D eigenvalue weighted by atomic mass is 35.5. The minimum absolute atomic E-state index is 0.0293. The number of nitrogens with one attached hydrogen (secondary N) is 1. The molecule has 1 aliphatic rings. The number of nitrogen functional groups attached to an aromatic ring is 1. The lowest BCUT2D eigenvalue weighted by molar-refractivity contribution is -0.129. The van der Waals surface area contributed by atoms with Gasteiger partial charge in [-0.05, 0) is 25.0 Å². The Bertz CT molecular complexity index is 519. The molecule has 1 saturated heterocycles. The zero-order chi connectivity index (χ0) is 14.7. The van der Waals surface area contributed by atoms with Gasteiger partial charge in [0.15, 0.2) is 0 Å². The Morgan fingerprint density at radius 1 is 1.20 bits per heavy atom. The number of hydrogen-bond donors (Lipinski definition) is 2. The van der Waals surface area contributed by atoms with Crippen molar-refractivity contribution in [3.63, 3.8) is 0 Å². The zero-order valence-corrected chi connectivity index (χ0v) is 12.3. The molecule has 0 unspecified atom stereocenters. The molecule has 108 valence electrons. The lowest BCUT2D eigenvalue weighted by Gasteiger charge is -2.15. The van der Waals surface area contributed by atoms with Gasteiger partial charge in [0.2, 0.25) is 5.91 Å². The van der Waals surface area contributed by atoms with E-state index < -0.39 is 5.91 Å². The van der Waals surface area contributed by atoms with Crippen molar-refractivity contribution in [3.05, 3.63) is 27.7 Å². The van der Waals surface area contributed by atoms with Crippen LogP contribution < -0.4 is 11.1 Å². The Kier molecular flexibility index (Phi) is 4.73. The summed E-state index contributed by atoms with van der Waals surface area (Å²) in [5, 5.41) is 2.99. The number of hydrogen-bond acceptors (Lipinski definition) is 3. The number of nitrogens with zero attached hydrogens (tertiary/aromatic N) is 1. The molecule has 1 aliphatic heterocycles. The lowest BCUT2D eigenvalue weighted by Crippen LogP contribution is -2.38. The van der Waals surface area contributed by atoms with Crippen molar-refractivity contribution in [3.8, 4) is 0 Å². The van der Waals surface area contributed by atoms with Gasteiger partial charge in [0.25, 0.3) is 5.91 Å². The summed E-state index contributed by atoms with van der Waals surface area (Å²) in [4.78, 5) is 25.5. The van der Waals surface area contributed by atoms with Crippen LogP contribution in [0.3, 0.4) is 0 Å². The number of carbonyl (C=O) groups is 2. The zero-order valence-electron chi connectivity index (χ0n) is 10.8. The molecule has 0 spiro atoms. The fraction of sp³-hybridized carbons (Fsp3) is 0.385. The second kappa shape index (κ2) is 6.33. The Morgan fingerprint density at radius 3 is 2.30 bits per heavy atom. The van der Waals surface area contributed by atoms with Crippen LogP contribution in [0.25, 0.3) is 0 Å². The van der Waals surface area contributed by atoms with E-state index in [0.717, 1.165) is 25.9 Å². The Morgan fingerprint density at radius 2 is 1.75 bits per heavy atom. The molecule has 0 saturated carbocycles. The van der Waals surface area contributed by atoms with E-state index >= 15 is 0 Å². The number of carbonyl (C=O) groups excluding carboxylic acids is 2.